The predicted octanol–water partition coefficient (Wildman–Crippen LogP) is 2.49. The van der Waals surface area contributed by atoms with E-state index in [0.717, 1.165) is 11.8 Å². The molecule has 0 amide bonds. The summed E-state index contributed by atoms with van der Waals surface area (Å²) in [6, 6.07) is 0.695. The van der Waals surface area contributed by atoms with Gasteiger partial charge in [0.15, 0.2) is 0 Å². The lowest BCUT2D eigenvalue weighted by Crippen LogP contribution is -2.41. The molecule has 2 fully saturated rings. The highest BCUT2D eigenvalue weighted by Crippen LogP contribution is 2.32. The van der Waals surface area contributed by atoms with Gasteiger partial charge in [-0.15, -0.1) is 11.6 Å². The Bertz CT molecular complexity index is 145. The standard InChI is InChI=1S/C10H18ClN/c11-7-10-3-1-2-6-12(10)8-9-4-5-9/h9-10H,1-8H2. The van der Waals surface area contributed by atoms with Crippen LogP contribution in [0.15, 0.2) is 0 Å². The molecule has 1 aliphatic carbocycles. The second-order valence-electron chi connectivity index (χ2n) is 4.24. The van der Waals surface area contributed by atoms with Crippen molar-refractivity contribution in [1.29, 1.82) is 0 Å². The van der Waals surface area contributed by atoms with Crippen molar-refractivity contribution in [3.8, 4) is 0 Å². The molecule has 1 heterocycles. The number of hydrogen-bond donors (Lipinski definition) is 0. The first-order valence-electron chi connectivity index (χ1n) is 5.20. The third kappa shape index (κ3) is 2.14. The van der Waals surface area contributed by atoms with Crippen molar-refractivity contribution in [3.63, 3.8) is 0 Å². The number of alkyl halides is 1. The van der Waals surface area contributed by atoms with E-state index in [-0.39, 0.29) is 0 Å². The first-order valence-corrected chi connectivity index (χ1v) is 5.73. The van der Waals surface area contributed by atoms with Crippen LogP contribution in [0.2, 0.25) is 0 Å². The van der Waals surface area contributed by atoms with Gasteiger partial charge < -0.3 is 0 Å². The molecular formula is C10H18ClN. The Morgan fingerprint density at radius 3 is 2.67 bits per heavy atom. The van der Waals surface area contributed by atoms with Crippen molar-refractivity contribution in [1.82, 2.24) is 4.90 Å². The Kier molecular flexibility index (Phi) is 2.92. The van der Waals surface area contributed by atoms with E-state index in [1.165, 1.54) is 45.2 Å². The van der Waals surface area contributed by atoms with E-state index in [9.17, 15) is 0 Å². The molecule has 2 heteroatoms. The molecular weight excluding hydrogens is 170 g/mol. The minimum absolute atomic E-state index is 0.695. The minimum atomic E-state index is 0.695. The fraction of sp³-hybridized carbons (Fsp3) is 1.00. The quantitative estimate of drug-likeness (QED) is 0.614. The zero-order valence-corrected chi connectivity index (χ0v) is 8.39. The molecule has 1 atom stereocenters. The molecule has 1 nitrogen and oxygen atoms in total. The number of nitrogens with zero attached hydrogens (tertiary/aromatic N) is 1. The van der Waals surface area contributed by atoms with E-state index in [1.54, 1.807) is 0 Å². The van der Waals surface area contributed by atoms with Crippen LogP contribution in [0.1, 0.15) is 32.1 Å². The Labute approximate surface area is 80.1 Å². The molecule has 0 N–H and O–H groups in total. The molecule has 1 saturated heterocycles. The molecule has 2 rings (SSSR count). The van der Waals surface area contributed by atoms with E-state index < -0.39 is 0 Å². The monoisotopic (exact) mass is 187 g/mol. The average Bonchev–Trinajstić information content (AvgIpc) is 2.89. The summed E-state index contributed by atoms with van der Waals surface area (Å²) >= 11 is 5.94. The van der Waals surface area contributed by atoms with E-state index >= 15 is 0 Å². The molecule has 70 valence electrons. The minimum Gasteiger partial charge on any atom is -0.299 e. The van der Waals surface area contributed by atoms with Crippen LogP contribution in [0.25, 0.3) is 0 Å². The van der Waals surface area contributed by atoms with Gasteiger partial charge in [0, 0.05) is 18.5 Å². The Hall–Kier alpha value is 0.250. The first kappa shape index (κ1) is 8.83. The van der Waals surface area contributed by atoms with Gasteiger partial charge in [0.1, 0.15) is 0 Å². The fourth-order valence-corrected chi connectivity index (χ4v) is 2.46. The van der Waals surface area contributed by atoms with Gasteiger partial charge in [-0.1, -0.05) is 6.42 Å². The molecule has 0 aromatic heterocycles. The van der Waals surface area contributed by atoms with Crippen LogP contribution >= 0.6 is 11.6 Å². The third-order valence-electron chi connectivity index (χ3n) is 3.12. The summed E-state index contributed by atoms with van der Waals surface area (Å²) in [5.41, 5.74) is 0. The molecule has 0 bridgehead atoms. The van der Waals surface area contributed by atoms with Crippen LogP contribution in [-0.2, 0) is 0 Å². The highest BCUT2D eigenvalue weighted by molar-refractivity contribution is 6.18. The molecule has 0 radical (unpaired) electrons. The van der Waals surface area contributed by atoms with Crippen LogP contribution < -0.4 is 0 Å². The van der Waals surface area contributed by atoms with Gasteiger partial charge in [-0.25, -0.2) is 0 Å². The lowest BCUT2D eigenvalue weighted by molar-refractivity contribution is 0.156. The Morgan fingerprint density at radius 1 is 1.17 bits per heavy atom. The van der Waals surface area contributed by atoms with Gasteiger partial charge in [-0.05, 0) is 38.1 Å². The second-order valence-corrected chi connectivity index (χ2v) is 4.55. The number of piperidine rings is 1. The SMILES string of the molecule is ClCC1CCCCN1CC1CC1. The average molecular weight is 188 g/mol. The summed E-state index contributed by atoms with van der Waals surface area (Å²) in [7, 11) is 0. The molecule has 0 spiro atoms. The van der Waals surface area contributed by atoms with Crippen molar-refractivity contribution in [3.05, 3.63) is 0 Å². The van der Waals surface area contributed by atoms with Gasteiger partial charge in [0.05, 0.1) is 0 Å². The van der Waals surface area contributed by atoms with Crippen molar-refractivity contribution in [2.24, 2.45) is 5.92 Å². The molecule has 0 aromatic carbocycles. The van der Waals surface area contributed by atoms with Gasteiger partial charge >= 0.3 is 0 Å². The third-order valence-corrected chi connectivity index (χ3v) is 3.47. The summed E-state index contributed by atoms with van der Waals surface area (Å²) in [6.45, 7) is 2.63. The highest BCUT2D eigenvalue weighted by atomic mass is 35.5. The highest BCUT2D eigenvalue weighted by Gasteiger charge is 2.28. The summed E-state index contributed by atoms with van der Waals surface area (Å²) in [4.78, 5) is 2.62. The molecule has 1 unspecified atom stereocenters. The molecule has 1 aliphatic heterocycles. The number of hydrogen-bond acceptors (Lipinski definition) is 1. The van der Waals surface area contributed by atoms with Crippen LogP contribution in [0.3, 0.4) is 0 Å². The Balaban J connectivity index is 1.81. The van der Waals surface area contributed by atoms with Gasteiger partial charge in [0.25, 0.3) is 0 Å². The van der Waals surface area contributed by atoms with Crippen molar-refractivity contribution in [2.75, 3.05) is 19.0 Å². The lowest BCUT2D eigenvalue weighted by Gasteiger charge is -2.34. The zero-order valence-electron chi connectivity index (χ0n) is 7.64. The van der Waals surface area contributed by atoms with E-state index in [4.69, 9.17) is 11.6 Å². The normalized spacial score (nSPS) is 32.2. The molecule has 2 aliphatic rings. The Morgan fingerprint density at radius 2 is 2.00 bits per heavy atom. The van der Waals surface area contributed by atoms with E-state index in [1.807, 2.05) is 0 Å². The smallest absolute Gasteiger partial charge is 0.0379 e. The van der Waals surface area contributed by atoms with E-state index in [0.29, 0.717) is 6.04 Å². The first-order chi connectivity index (χ1) is 5.90. The van der Waals surface area contributed by atoms with Crippen LogP contribution in [0.4, 0.5) is 0 Å². The van der Waals surface area contributed by atoms with Crippen molar-refractivity contribution in [2.45, 2.75) is 38.1 Å². The van der Waals surface area contributed by atoms with Crippen molar-refractivity contribution < 1.29 is 0 Å². The maximum absolute atomic E-state index is 5.94. The lowest BCUT2D eigenvalue weighted by atomic mass is 10.0. The topological polar surface area (TPSA) is 3.24 Å². The number of halogens is 1. The second kappa shape index (κ2) is 3.97. The van der Waals surface area contributed by atoms with Crippen LogP contribution in [0, 0.1) is 5.92 Å². The predicted molar refractivity (Wildman–Crippen MR) is 52.7 cm³/mol. The summed E-state index contributed by atoms with van der Waals surface area (Å²) < 4.78 is 0. The van der Waals surface area contributed by atoms with Crippen molar-refractivity contribution >= 4 is 11.6 Å². The van der Waals surface area contributed by atoms with Crippen LogP contribution in [0.5, 0.6) is 0 Å². The molecule has 1 saturated carbocycles. The van der Waals surface area contributed by atoms with Crippen LogP contribution in [-0.4, -0.2) is 29.9 Å². The maximum Gasteiger partial charge on any atom is 0.0379 e. The zero-order chi connectivity index (χ0) is 8.39. The summed E-state index contributed by atoms with van der Waals surface area (Å²) in [5, 5.41) is 0. The number of rotatable bonds is 3. The molecule has 12 heavy (non-hydrogen) atoms. The summed E-state index contributed by atoms with van der Waals surface area (Å²) in [5.74, 6) is 1.86. The van der Waals surface area contributed by atoms with E-state index in [2.05, 4.69) is 4.90 Å². The summed E-state index contributed by atoms with van der Waals surface area (Å²) in [6.07, 6.45) is 7.03. The van der Waals surface area contributed by atoms with Gasteiger partial charge in [-0.3, -0.25) is 4.90 Å². The number of likely N-dealkylation sites (tertiary alicyclic amines) is 1. The van der Waals surface area contributed by atoms with Gasteiger partial charge in [0.2, 0.25) is 0 Å². The largest absolute Gasteiger partial charge is 0.299 e. The molecule has 0 aromatic rings. The van der Waals surface area contributed by atoms with Gasteiger partial charge in [-0.2, -0.15) is 0 Å². The fourth-order valence-electron chi connectivity index (χ4n) is 2.11. The maximum atomic E-state index is 5.94.